The van der Waals surface area contributed by atoms with Crippen LogP contribution >= 0.6 is 0 Å². The van der Waals surface area contributed by atoms with Crippen molar-refractivity contribution in [2.75, 3.05) is 5.32 Å². The molecule has 0 fully saturated rings. The number of nitrogens with two attached hydrogens (primary N) is 1. The van der Waals surface area contributed by atoms with Crippen LogP contribution in [0.3, 0.4) is 0 Å². The molecule has 0 radical (unpaired) electrons. The van der Waals surface area contributed by atoms with E-state index in [2.05, 4.69) is 16.5 Å². The second-order valence-corrected chi connectivity index (χ2v) is 6.02. The number of hydrogen-bond donors (Lipinski definition) is 2. The smallest absolute Gasteiger partial charge is 0.271 e. The van der Waals surface area contributed by atoms with Gasteiger partial charge in [-0.1, -0.05) is 42.5 Å². The van der Waals surface area contributed by atoms with Crippen LogP contribution in [0.15, 0.2) is 78.8 Å². The molecular formula is C21H17N5O2. The number of ketones is 1. The first-order valence-corrected chi connectivity index (χ1v) is 8.44. The van der Waals surface area contributed by atoms with Crippen molar-refractivity contribution in [1.82, 2.24) is 9.78 Å². The average Bonchev–Trinajstić information content (AvgIpc) is 3.15. The van der Waals surface area contributed by atoms with E-state index in [1.807, 2.05) is 6.07 Å². The number of rotatable bonds is 6. The lowest BCUT2D eigenvalue weighted by molar-refractivity contribution is -0.112. The molecule has 3 N–H and O–H groups in total. The van der Waals surface area contributed by atoms with E-state index in [-0.39, 0.29) is 11.5 Å². The molecule has 0 aliphatic rings. The number of aromatic nitrogens is 2. The number of nitrogens with zero attached hydrogens (tertiary/aromatic N) is 3. The topological polar surface area (TPSA) is 114 Å². The minimum Gasteiger partial charge on any atom is -0.394 e. The summed E-state index contributed by atoms with van der Waals surface area (Å²) in [4.78, 5) is 24.3. The van der Waals surface area contributed by atoms with Crippen molar-refractivity contribution >= 4 is 17.4 Å². The highest BCUT2D eigenvalue weighted by atomic mass is 16.2. The van der Waals surface area contributed by atoms with E-state index >= 15 is 0 Å². The maximum atomic E-state index is 12.2. The second kappa shape index (κ2) is 8.47. The fourth-order valence-corrected chi connectivity index (χ4v) is 2.54. The highest BCUT2D eigenvalue weighted by molar-refractivity contribution is 6.12. The standard InChI is InChI=1S/C21H17N5O2/c22-11-15-5-4-6-16(9-15)13-26-14-18(12-24-26)25-21(28)19(23)10-20(27)17-7-2-1-3-8-17/h1-10,12,14H,13,23H2,(H,25,28). The molecule has 0 unspecified atom stereocenters. The zero-order valence-corrected chi connectivity index (χ0v) is 14.9. The van der Waals surface area contributed by atoms with Gasteiger partial charge in [-0.05, 0) is 17.7 Å². The number of allylic oxidation sites excluding steroid dienone is 1. The maximum absolute atomic E-state index is 12.2. The molecule has 0 atom stereocenters. The van der Waals surface area contributed by atoms with Gasteiger partial charge in [0.25, 0.3) is 5.91 Å². The molecule has 0 bridgehead atoms. The lowest BCUT2D eigenvalue weighted by Crippen LogP contribution is -2.21. The van der Waals surface area contributed by atoms with Crippen molar-refractivity contribution in [3.63, 3.8) is 0 Å². The van der Waals surface area contributed by atoms with Crippen LogP contribution < -0.4 is 11.1 Å². The van der Waals surface area contributed by atoms with Crippen LogP contribution in [0.2, 0.25) is 0 Å². The number of nitrogens with one attached hydrogen (secondary N) is 1. The SMILES string of the molecule is N#Cc1cccc(Cn2cc(NC(=O)C(N)=CC(=O)c3ccccc3)cn2)c1. The number of anilines is 1. The summed E-state index contributed by atoms with van der Waals surface area (Å²) in [6.07, 6.45) is 4.23. The summed E-state index contributed by atoms with van der Waals surface area (Å²) in [6.45, 7) is 0.448. The Labute approximate surface area is 161 Å². The third-order valence-electron chi connectivity index (χ3n) is 3.90. The Balaban J connectivity index is 1.64. The van der Waals surface area contributed by atoms with Gasteiger partial charge in [-0.25, -0.2) is 0 Å². The quantitative estimate of drug-likeness (QED) is 0.510. The van der Waals surface area contributed by atoms with E-state index in [1.54, 1.807) is 59.4 Å². The predicted octanol–water partition coefficient (Wildman–Crippen LogP) is 2.47. The first kappa shape index (κ1) is 18.6. The van der Waals surface area contributed by atoms with Crippen molar-refractivity contribution in [3.05, 3.63) is 95.5 Å². The third-order valence-corrected chi connectivity index (χ3v) is 3.90. The molecule has 0 saturated carbocycles. The van der Waals surface area contributed by atoms with Gasteiger partial charge in [-0.2, -0.15) is 10.4 Å². The molecule has 0 saturated heterocycles. The van der Waals surface area contributed by atoms with Crippen molar-refractivity contribution in [3.8, 4) is 6.07 Å². The van der Waals surface area contributed by atoms with Gasteiger partial charge in [0.2, 0.25) is 0 Å². The highest BCUT2D eigenvalue weighted by Gasteiger charge is 2.11. The van der Waals surface area contributed by atoms with Gasteiger partial charge in [0.05, 0.1) is 30.1 Å². The molecule has 1 amide bonds. The van der Waals surface area contributed by atoms with Crippen molar-refractivity contribution in [2.24, 2.45) is 5.73 Å². The van der Waals surface area contributed by atoms with Crippen molar-refractivity contribution < 1.29 is 9.59 Å². The monoisotopic (exact) mass is 371 g/mol. The maximum Gasteiger partial charge on any atom is 0.271 e. The minimum absolute atomic E-state index is 0.191. The van der Waals surface area contributed by atoms with Gasteiger partial charge in [-0.15, -0.1) is 0 Å². The van der Waals surface area contributed by atoms with E-state index < -0.39 is 5.91 Å². The average molecular weight is 371 g/mol. The van der Waals surface area contributed by atoms with Gasteiger partial charge in [0.15, 0.2) is 5.78 Å². The van der Waals surface area contributed by atoms with Gasteiger partial charge >= 0.3 is 0 Å². The summed E-state index contributed by atoms with van der Waals surface area (Å²) in [5.74, 6) is -0.934. The van der Waals surface area contributed by atoms with Crippen LogP contribution in [0, 0.1) is 11.3 Å². The summed E-state index contributed by atoms with van der Waals surface area (Å²) in [5, 5.41) is 15.7. The van der Waals surface area contributed by atoms with E-state index in [9.17, 15) is 9.59 Å². The predicted molar refractivity (Wildman–Crippen MR) is 104 cm³/mol. The van der Waals surface area contributed by atoms with Crippen LogP contribution in [0.5, 0.6) is 0 Å². The van der Waals surface area contributed by atoms with Crippen LogP contribution in [-0.2, 0) is 11.3 Å². The van der Waals surface area contributed by atoms with Crippen LogP contribution in [0.4, 0.5) is 5.69 Å². The number of benzene rings is 2. The third kappa shape index (κ3) is 4.71. The summed E-state index contributed by atoms with van der Waals surface area (Å²) < 4.78 is 1.63. The molecule has 1 aromatic heterocycles. The number of hydrogen-bond acceptors (Lipinski definition) is 5. The zero-order chi connectivity index (χ0) is 19.9. The molecule has 7 nitrogen and oxygen atoms in total. The number of carbonyl (C=O) groups is 2. The molecule has 0 aliphatic heterocycles. The lowest BCUT2D eigenvalue weighted by Gasteiger charge is -2.03. The number of nitriles is 1. The largest absolute Gasteiger partial charge is 0.394 e. The molecule has 3 aromatic rings. The second-order valence-electron chi connectivity index (χ2n) is 6.02. The van der Waals surface area contributed by atoms with Crippen LogP contribution in [0.25, 0.3) is 0 Å². The van der Waals surface area contributed by atoms with Gasteiger partial charge in [-0.3, -0.25) is 14.3 Å². The van der Waals surface area contributed by atoms with Crippen LogP contribution in [0.1, 0.15) is 21.5 Å². The molecule has 7 heteroatoms. The number of carbonyl (C=O) groups excluding carboxylic acids is 2. The Kier molecular flexibility index (Phi) is 5.63. The Bertz CT molecular complexity index is 1080. The number of amides is 1. The van der Waals surface area contributed by atoms with Gasteiger partial charge < -0.3 is 11.1 Å². The van der Waals surface area contributed by atoms with Gasteiger partial charge in [0.1, 0.15) is 5.70 Å². The highest BCUT2D eigenvalue weighted by Crippen LogP contribution is 2.10. The lowest BCUT2D eigenvalue weighted by atomic mass is 10.1. The van der Waals surface area contributed by atoms with E-state index in [1.165, 1.54) is 6.20 Å². The molecule has 28 heavy (non-hydrogen) atoms. The molecular weight excluding hydrogens is 354 g/mol. The van der Waals surface area contributed by atoms with Crippen LogP contribution in [-0.4, -0.2) is 21.5 Å². The van der Waals surface area contributed by atoms with E-state index in [0.29, 0.717) is 23.4 Å². The first-order valence-electron chi connectivity index (χ1n) is 8.44. The molecule has 1 heterocycles. The fraction of sp³-hybridized carbons (Fsp3) is 0.0476. The van der Waals surface area contributed by atoms with E-state index in [0.717, 1.165) is 11.6 Å². The molecule has 3 rings (SSSR count). The summed E-state index contributed by atoms with van der Waals surface area (Å²) >= 11 is 0. The molecule has 0 spiro atoms. The summed E-state index contributed by atoms with van der Waals surface area (Å²) in [5.41, 5.74) is 7.92. The Morgan fingerprint density at radius 3 is 2.71 bits per heavy atom. The zero-order valence-electron chi connectivity index (χ0n) is 14.9. The minimum atomic E-state index is -0.588. The normalized spacial score (nSPS) is 10.9. The summed E-state index contributed by atoms with van der Waals surface area (Å²) in [6, 6.07) is 17.8. The van der Waals surface area contributed by atoms with Crippen molar-refractivity contribution in [2.45, 2.75) is 6.54 Å². The van der Waals surface area contributed by atoms with E-state index in [4.69, 9.17) is 11.0 Å². The Morgan fingerprint density at radius 1 is 1.18 bits per heavy atom. The van der Waals surface area contributed by atoms with Gasteiger partial charge in [0, 0.05) is 17.8 Å². The molecule has 2 aromatic carbocycles. The fourth-order valence-electron chi connectivity index (χ4n) is 2.54. The Morgan fingerprint density at radius 2 is 1.96 bits per heavy atom. The molecule has 0 aliphatic carbocycles. The summed E-state index contributed by atoms with van der Waals surface area (Å²) in [7, 11) is 0. The Hall–Kier alpha value is -4.18. The first-order chi connectivity index (χ1) is 13.5. The molecule has 138 valence electrons. The van der Waals surface area contributed by atoms with Crippen molar-refractivity contribution in [1.29, 1.82) is 5.26 Å².